The van der Waals surface area contributed by atoms with Gasteiger partial charge in [0.1, 0.15) is 11.7 Å². The lowest BCUT2D eigenvalue weighted by molar-refractivity contribution is 0.388. The van der Waals surface area contributed by atoms with Gasteiger partial charge in [0.25, 0.3) is 0 Å². The quantitative estimate of drug-likeness (QED) is 0.657. The van der Waals surface area contributed by atoms with Gasteiger partial charge < -0.3 is 10.6 Å². The maximum Gasteiger partial charge on any atom is 0.130 e. The Morgan fingerprint density at radius 1 is 1.29 bits per heavy atom. The molecular formula is C17H22N4. The van der Waals surface area contributed by atoms with E-state index in [-0.39, 0.29) is 5.84 Å². The van der Waals surface area contributed by atoms with Gasteiger partial charge in [-0.25, -0.2) is 4.98 Å². The lowest BCUT2D eigenvalue weighted by Gasteiger charge is -2.38. The Labute approximate surface area is 125 Å². The fourth-order valence-corrected chi connectivity index (χ4v) is 3.14. The number of pyridine rings is 1. The number of hydrogen-bond donors (Lipinski definition) is 2. The number of nitrogen functional groups attached to an aromatic ring is 1. The lowest BCUT2D eigenvalue weighted by Crippen LogP contribution is -2.41. The summed E-state index contributed by atoms with van der Waals surface area (Å²) in [6, 6.07) is 10.4. The number of nitrogens with zero attached hydrogens (tertiary/aromatic N) is 2. The van der Waals surface area contributed by atoms with Crippen molar-refractivity contribution in [2.75, 3.05) is 11.4 Å². The van der Waals surface area contributed by atoms with Crippen LogP contribution in [-0.4, -0.2) is 23.4 Å². The molecule has 2 aromatic rings. The molecule has 1 aliphatic heterocycles. The second-order valence-corrected chi connectivity index (χ2v) is 6.14. The number of nitrogens with one attached hydrogen (secondary N) is 1. The molecule has 21 heavy (non-hydrogen) atoms. The first-order chi connectivity index (χ1) is 10.1. The van der Waals surface area contributed by atoms with Crippen molar-refractivity contribution in [2.24, 2.45) is 11.7 Å². The number of rotatable bonds is 2. The summed E-state index contributed by atoms with van der Waals surface area (Å²) in [5.41, 5.74) is 7.46. The van der Waals surface area contributed by atoms with Gasteiger partial charge in [0.2, 0.25) is 0 Å². The van der Waals surface area contributed by atoms with Gasteiger partial charge in [-0.1, -0.05) is 25.1 Å². The molecule has 0 aliphatic carbocycles. The van der Waals surface area contributed by atoms with Crippen molar-refractivity contribution in [3.8, 4) is 0 Å². The van der Waals surface area contributed by atoms with Crippen molar-refractivity contribution >= 4 is 22.6 Å². The number of benzene rings is 1. The average Bonchev–Trinajstić information content (AvgIpc) is 2.48. The number of amidine groups is 1. The van der Waals surface area contributed by atoms with E-state index in [1.54, 1.807) is 0 Å². The Balaban J connectivity index is 2.12. The highest BCUT2D eigenvalue weighted by Gasteiger charge is 2.24. The second-order valence-electron chi connectivity index (χ2n) is 6.14. The second kappa shape index (κ2) is 5.35. The molecule has 2 heterocycles. The summed E-state index contributed by atoms with van der Waals surface area (Å²) >= 11 is 0. The van der Waals surface area contributed by atoms with Crippen molar-refractivity contribution in [1.82, 2.24) is 4.98 Å². The molecule has 110 valence electrons. The van der Waals surface area contributed by atoms with E-state index in [4.69, 9.17) is 16.1 Å². The number of nitrogens with two attached hydrogens (primary N) is 1. The Morgan fingerprint density at radius 2 is 2.05 bits per heavy atom. The zero-order chi connectivity index (χ0) is 15.0. The fraction of sp³-hybridized carbons (Fsp3) is 0.412. The van der Waals surface area contributed by atoms with Gasteiger partial charge in [-0.3, -0.25) is 5.41 Å². The Morgan fingerprint density at radius 3 is 2.81 bits per heavy atom. The summed E-state index contributed by atoms with van der Waals surface area (Å²) in [5, 5.41) is 8.80. The minimum absolute atomic E-state index is 0.104. The SMILES string of the molecule is CC1CCC(C)N(c2cc(C(=N)N)c3ccccc3n2)C1. The van der Waals surface area contributed by atoms with E-state index in [2.05, 4.69) is 18.7 Å². The molecular weight excluding hydrogens is 260 g/mol. The molecule has 2 atom stereocenters. The summed E-state index contributed by atoms with van der Waals surface area (Å²) < 4.78 is 0. The van der Waals surface area contributed by atoms with E-state index in [1.165, 1.54) is 12.8 Å². The Bertz CT molecular complexity index is 680. The van der Waals surface area contributed by atoms with Crippen LogP contribution in [0.3, 0.4) is 0 Å². The minimum atomic E-state index is 0.104. The van der Waals surface area contributed by atoms with E-state index < -0.39 is 0 Å². The summed E-state index contributed by atoms with van der Waals surface area (Å²) in [6.07, 6.45) is 2.45. The highest BCUT2D eigenvalue weighted by Crippen LogP contribution is 2.29. The molecule has 0 spiro atoms. The van der Waals surface area contributed by atoms with Crippen LogP contribution < -0.4 is 10.6 Å². The van der Waals surface area contributed by atoms with Crippen molar-refractivity contribution in [3.05, 3.63) is 35.9 Å². The topological polar surface area (TPSA) is 66.0 Å². The van der Waals surface area contributed by atoms with Gasteiger partial charge in [-0.2, -0.15) is 0 Å². The Hall–Kier alpha value is -2.10. The van der Waals surface area contributed by atoms with Gasteiger partial charge in [0.15, 0.2) is 0 Å². The molecule has 4 heteroatoms. The van der Waals surface area contributed by atoms with Gasteiger partial charge >= 0.3 is 0 Å². The maximum absolute atomic E-state index is 7.85. The summed E-state index contributed by atoms with van der Waals surface area (Å²) in [6.45, 7) is 5.55. The third kappa shape index (κ3) is 2.58. The summed E-state index contributed by atoms with van der Waals surface area (Å²) in [4.78, 5) is 7.15. The van der Waals surface area contributed by atoms with E-state index >= 15 is 0 Å². The molecule has 1 saturated heterocycles. The largest absolute Gasteiger partial charge is 0.384 e. The highest BCUT2D eigenvalue weighted by atomic mass is 15.2. The van der Waals surface area contributed by atoms with Crippen LogP contribution in [0.25, 0.3) is 10.9 Å². The number of anilines is 1. The van der Waals surface area contributed by atoms with Crippen molar-refractivity contribution in [1.29, 1.82) is 5.41 Å². The fourth-order valence-electron chi connectivity index (χ4n) is 3.14. The summed E-state index contributed by atoms with van der Waals surface area (Å²) in [5.74, 6) is 1.72. The van der Waals surface area contributed by atoms with Crippen LogP contribution in [0.4, 0.5) is 5.82 Å². The van der Waals surface area contributed by atoms with Crippen LogP contribution in [-0.2, 0) is 0 Å². The van der Waals surface area contributed by atoms with E-state index in [1.807, 2.05) is 30.3 Å². The number of piperidine rings is 1. The maximum atomic E-state index is 7.85. The van der Waals surface area contributed by atoms with E-state index in [0.717, 1.165) is 28.8 Å². The van der Waals surface area contributed by atoms with Gasteiger partial charge in [0, 0.05) is 23.5 Å². The minimum Gasteiger partial charge on any atom is -0.384 e. The highest BCUT2D eigenvalue weighted by molar-refractivity contribution is 6.07. The monoisotopic (exact) mass is 282 g/mol. The zero-order valence-electron chi connectivity index (χ0n) is 12.6. The van der Waals surface area contributed by atoms with Crippen LogP contribution in [0.15, 0.2) is 30.3 Å². The standard InChI is InChI=1S/C17H22N4/c1-11-7-8-12(2)21(10-11)16-9-14(17(18)19)13-5-3-4-6-15(13)20-16/h3-6,9,11-12H,7-8,10H2,1-2H3,(H3,18,19). The average molecular weight is 282 g/mol. The van der Waals surface area contributed by atoms with Crippen molar-refractivity contribution in [3.63, 3.8) is 0 Å². The molecule has 4 nitrogen and oxygen atoms in total. The van der Waals surface area contributed by atoms with E-state index in [9.17, 15) is 0 Å². The van der Waals surface area contributed by atoms with E-state index in [0.29, 0.717) is 12.0 Å². The molecule has 1 fully saturated rings. The van der Waals surface area contributed by atoms with Crippen LogP contribution in [0.1, 0.15) is 32.3 Å². The number of para-hydroxylation sites is 1. The lowest BCUT2D eigenvalue weighted by atomic mass is 9.95. The molecule has 0 amide bonds. The molecule has 2 unspecified atom stereocenters. The van der Waals surface area contributed by atoms with Crippen LogP contribution in [0.2, 0.25) is 0 Å². The third-order valence-corrected chi connectivity index (χ3v) is 4.40. The molecule has 0 radical (unpaired) electrons. The number of aromatic nitrogens is 1. The summed E-state index contributed by atoms with van der Waals surface area (Å²) in [7, 11) is 0. The predicted molar refractivity (Wildman–Crippen MR) is 88.0 cm³/mol. The van der Waals surface area contributed by atoms with Crippen molar-refractivity contribution < 1.29 is 0 Å². The van der Waals surface area contributed by atoms with Gasteiger partial charge in [0.05, 0.1) is 5.52 Å². The molecule has 3 N–H and O–H groups in total. The predicted octanol–water partition coefficient (Wildman–Crippen LogP) is 3.14. The Kier molecular flexibility index (Phi) is 3.53. The van der Waals surface area contributed by atoms with Crippen LogP contribution >= 0.6 is 0 Å². The van der Waals surface area contributed by atoms with Gasteiger partial charge in [-0.15, -0.1) is 0 Å². The molecule has 3 rings (SSSR count). The van der Waals surface area contributed by atoms with Gasteiger partial charge in [-0.05, 0) is 37.8 Å². The van der Waals surface area contributed by atoms with Crippen molar-refractivity contribution in [2.45, 2.75) is 32.7 Å². The number of fused-ring (bicyclic) bond motifs is 1. The molecule has 1 aliphatic rings. The van der Waals surface area contributed by atoms with Crippen LogP contribution in [0.5, 0.6) is 0 Å². The molecule has 1 aromatic heterocycles. The zero-order valence-corrected chi connectivity index (χ0v) is 12.6. The number of hydrogen-bond acceptors (Lipinski definition) is 3. The smallest absolute Gasteiger partial charge is 0.130 e. The third-order valence-electron chi connectivity index (χ3n) is 4.40. The molecule has 0 bridgehead atoms. The molecule has 1 aromatic carbocycles. The first-order valence-electron chi connectivity index (χ1n) is 7.57. The first-order valence-corrected chi connectivity index (χ1v) is 7.57. The first kappa shape index (κ1) is 13.9. The van der Waals surface area contributed by atoms with Crippen LogP contribution in [0, 0.1) is 11.3 Å². The normalized spacial score (nSPS) is 22.5. The molecule has 0 saturated carbocycles.